The van der Waals surface area contributed by atoms with E-state index in [0.29, 0.717) is 12.2 Å². The highest BCUT2D eigenvalue weighted by Crippen LogP contribution is 2.19. The van der Waals surface area contributed by atoms with Crippen LogP contribution in [-0.2, 0) is 9.53 Å². The first-order valence-corrected chi connectivity index (χ1v) is 7.84. The van der Waals surface area contributed by atoms with Crippen LogP contribution in [0.2, 0.25) is 0 Å². The van der Waals surface area contributed by atoms with Crippen LogP contribution in [0.5, 0.6) is 5.75 Å². The summed E-state index contributed by atoms with van der Waals surface area (Å²) in [7, 11) is 0. The van der Waals surface area contributed by atoms with Crippen molar-refractivity contribution in [3.05, 3.63) is 29.8 Å². The average molecular weight is 305 g/mol. The summed E-state index contributed by atoms with van der Waals surface area (Å²) in [5.74, 6) is -0.0153. The van der Waals surface area contributed by atoms with E-state index in [9.17, 15) is 9.59 Å². The summed E-state index contributed by atoms with van der Waals surface area (Å²) in [4.78, 5) is 23.7. The molecule has 0 saturated heterocycles. The molecule has 0 unspecified atom stereocenters. The monoisotopic (exact) mass is 305 g/mol. The quantitative estimate of drug-likeness (QED) is 0.592. The predicted octanol–water partition coefficient (Wildman–Crippen LogP) is 2.69. The van der Waals surface area contributed by atoms with Gasteiger partial charge in [-0.05, 0) is 50.5 Å². The molecule has 0 aliphatic heterocycles. The molecule has 22 heavy (non-hydrogen) atoms. The third-order valence-corrected chi connectivity index (χ3v) is 3.43. The third-order valence-electron chi connectivity index (χ3n) is 3.43. The molecule has 120 valence electrons. The Morgan fingerprint density at radius 1 is 1.27 bits per heavy atom. The first-order valence-electron chi connectivity index (χ1n) is 7.84. The maximum atomic E-state index is 12.0. The molecule has 1 aromatic carbocycles. The lowest BCUT2D eigenvalue weighted by Crippen LogP contribution is -2.37. The molecule has 0 bridgehead atoms. The molecule has 1 fully saturated rings. The zero-order valence-electron chi connectivity index (χ0n) is 13.1. The summed E-state index contributed by atoms with van der Waals surface area (Å²) in [5, 5.41) is 2.81. The number of ether oxygens (including phenoxy) is 2. The number of amides is 1. The molecule has 0 radical (unpaired) electrons. The van der Waals surface area contributed by atoms with Crippen LogP contribution in [0.3, 0.4) is 0 Å². The fraction of sp³-hybridized carbons (Fsp3) is 0.529. The number of hydrogen-bond acceptors (Lipinski definition) is 4. The van der Waals surface area contributed by atoms with Crippen LogP contribution in [0.4, 0.5) is 0 Å². The van der Waals surface area contributed by atoms with Gasteiger partial charge in [0, 0.05) is 6.04 Å². The predicted molar refractivity (Wildman–Crippen MR) is 82.9 cm³/mol. The summed E-state index contributed by atoms with van der Waals surface area (Å²) in [6, 6.07) is 7.03. The molecule has 2 rings (SSSR count). The molecule has 5 nitrogen and oxygen atoms in total. The number of esters is 1. The van der Waals surface area contributed by atoms with E-state index in [-0.39, 0.29) is 11.9 Å². The van der Waals surface area contributed by atoms with Crippen LogP contribution in [0.25, 0.3) is 0 Å². The second-order valence-electron chi connectivity index (χ2n) is 5.56. The molecule has 0 heterocycles. The Kier molecular flexibility index (Phi) is 5.81. The van der Waals surface area contributed by atoms with Gasteiger partial charge in [-0.1, -0.05) is 13.3 Å². The Bertz CT molecular complexity index is 508. The highest BCUT2D eigenvalue weighted by molar-refractivity contribution is 5.92. The van der Waals surface area contributed by atoms with E-state index in [4.69, 9.17) is 9.47 Å². The lowest BCUT2D eigenvalue weighted by atomic mass is 10.2. The molecule has 1 aliphatic carbocycles. The number of carbonyl (C=O) groups is 2. The van der Waals surface area contributed by atoms with E-state index >= 15 is 0 Å². The SMILES string of the molecule is CCCCOc1ccc(C(=O)O[C@@H](C)C(=O)NC2CC2)cc1. The van der Waals surface area contributed by atoms with E-state index in [1.807, 2.05) is 0 Å². The zero-order chi connectivity index (χ0) is 15.9. The molecule has 1 atom stereocenters. The van der Waals surface area contributed by atoms with Gasteiger partial charge < -0.3 is 14.8 Å². The second kappa shape index (κ2) is 7.82. The van der Waals surface area contributed by atoms with Crippen LogP contribution in [0.15, 0.2) is 24.3 Å². The topological polar surface area (TPSA) is 64.6 Å². The Morgan fingerprint density at radius 2 is 1.95 bits per heavy atom. The Morgan fingerprint density at radius 3 is 2.55 bits per heavy atom. The number of hydrogen-bond donors (Lipinski definition) is 1. The van der Waals surface area contributed by atoms with Gasteiger partial charge in [0.25, 0.3) is 5.91 Å². The van der Waals surface area contributed by atoms with Gasteiger partial charge in [0.1, 0.15) is 5.75 Å². The molecule has 1 aliphatic rings. The summed E-state index contributed by atoms with van der Waals surface area (Å²) < 4.78 is 10.7. The lowest BCUT2D eigenvalue weighted by molar-refractivity contribution is -0.129. The van der Waals surface area contributed by atoms with Gasteiger partial charge >= 0.3 is 5.97 Å². The highest BCUT2D eigenvalue weighted by Gasteiger charge is 2.27. The Balaban J connectivity index is 1.82. The molecule has 5 heteroatoms. The number of benzene rings is 1. The van der Waals surface area contributed by atoms with Crippen molar-refractivity contribution in [3.63, 3.8) is 0 Å². The zero-order valence-corrected chi connectivity index (χ0v) is 13.1. The van der Waals surface area contributed by atoms with Crippen molar-refractivity contribution < 1.29 is 19.1 Å². The number of carbonyl (C=O) groups excluding carboxylic acids is 2. The Labute approximate surface area is 131 Å². The summed E-state index contributed by atoms with van der Waals surface area (Å²) >= 11 is 0. The van der Waals surface area contributed by atoms with E-state index < -0.39 is 12.1 Å². The highest BCUT2D eigenvalue weighted by atomic mass is 16.5. The van der Waals surface area contributed by atoms with Crippen LogP contribution in [-0.4, -0.2) is 30.6 Å². The summed E-state index contributed by atoms with van der Waals surface area (Å²) in [6.45, 7) is 4.35. The van der Waals surface area contributed by atoms with Crippen LogP contribution in [0.1, 0.15) is 49.9 Å². The minimum atomic E-state index is -0.784. The fourth-order valence-electron chi connectivity index (χ4n) is 1.85. The number of rotatable bonds is 8. The maximum Gasteiger partial charge on any atom is 0.338 e. The fourth-order valence-corrected chi connectivity index (χ4v) is 1.85. The smallest absolute Gasteiger partial charge is 0.338 e. The van der Waals surface area contributed by atoms with Crippen molar-refractivity contribution in [2.75, 3.05) is 6.61 Å². The van der Waals surface area contributed by atoms with Gasteiger partial charge in [-0.25, -0.2) is 4.79 Å². The third kappa shape index (κ3) is 5.06. The maximum absolute atomic E-state index is 12.0. The van der Waals surface area contributed by atoms with E-state index in [1.165, 1.54) is 0 Å². The summed E-state index contributed by atoms with van der Waals surface area (Å²) in [5.41, 5.74) is 0.411. The van der Waals surface area contributed by atoms with Crippen molar-refractivity contribution in [2.45, 2.75) is 51.7 Å². The minimum absolute atomic E-state index is 0.240. The normalized spacial score (nSPS) is 15.0. The van der Waals surface area contributed by atoms with Crippen molar-refractivity contribution in [1.82, 2.24) is 5.32 Å². The first kappa shape index (κ1) is 16.3. The molecule has 1 saturated carbocycles. The van der Waals surface area contributed by atoms with Gasteiger partial charge in [0.15, 0.2) is 6.10 Å². The average Bonchev–Trinajstić information content (AvgIpc) is 3.32. The molecular formula is C17H23NO4. The summed E-state index contributed by atoms with van der Waals surface area (Å²) in [6.07, 6.45) is 3.30. The van der Waals surface area contributed by atoms with Crippen molar-refractivity contribution in [3.8, 4) is 5.75 Å². The molecule has 1 N–H and O–H groups in total. The van der Waals surface area contributed by atoms with Crippen molar-refractivity contribution in [2.24, 2.45) is 0 Å². The molecule has 1 aromatic rings. The van der Waals surface area contributed by atoms with Crippen molar-refractivity contribution in [1.29, 1.82) is 0 Å². The lowest BCUT2D eigenvalue weighted by Gasteiger charge is -2.13. The molecular weight excluding hydrogens is 282 g/mol. The van der Waals surface area contributed by atoms with Crippen LogP contribution >= 0.6 is 0 Å². The number of nitrogens with one attached hydrogen (secondary N) is 1. The van der Waals surface area contributed by atoms with E-state index in [2.05, 4.69) is 12.2 Å². The van der Waals surface area contributed by atoms with Crippen molar-refractivity contribution >= 4 is 11.9 Å². The van der Waals surface area contributed by atoms with Gasteiger partial charge in [0.2, 0.25) is 0 Å². The van der Waals surface area contributed by atoms with Crippen LogP contribution < -0.4 is 10.1 Å². The molecule has 0 aromatic heterocycles. The van der Waals surface area contributed by atoms with Gasteiger partial charge in [-0.15, -0.1) is 0 Å². The number of unbranched alkanes of at least 4 members (excludes halogenated alkanes) is 1. The van der Waals surface area contributed by atoms with Gasteiger partial charge in [-0.2, -0.15) is 0 Å². The second-order valence-corrected chi connectivity index (χ2v) is 5.56. The largest absolute Gasteiger partial charge is 0.494 e. The van der Waals surface area contributed by atoms with Crippen LogP contribution in [0, 0.1) is 0 Å². The molecule has 1 amide bonds. The standard InChI is InChI=1S/C17H23NO4/c1-3-4-11-21-15-9-5-13(6-10-15)17(20)22-12(2)16(19)18-14-7-8-14/h5-6,9-10,12,14H,3-4,7-8,11H2,1-2H3,(H,18,19)/t12-/m0/s1. The van der Waals surface area contributed by atoms with Gasteiger partial charge in [-0.3, -0.25) is 4.79 Å². The minimum Gasteiger partial charge on any atom is -0.494 e. The first-order chi connectivity index (χ1) is 10.6. The van der Waals surface area contributed by atoms with E-state index in [1.54, 1.807) is 31.2 Å². The molecule has 0 spiro atoms. The Hall–Kier alpha value is -2.04. The van der Waals surface area contributed by atoms with E-state index in [0.717, 1.165) is 31.4 Å². The van der Waals surface area contributed by atoms with Gasteiger partial charge in [0.05, 0.1) is 12.2 Å².